The van der Waals surface area contributed by atoms with E-state index in [9.17, 15) is 0 Å². The van der Waals surface area contributed by atoms with E-state index in [1.165, 1.54) is 86.4 Å². The van der Waals surface area contributed by atoms with E-state index < -0.39 is 0 Å². The SMILES string of the molecule is c1ccc(N2B(c3ccc(-c4ccc(B5N(c6ccccc6)c6sc7ccccc7c6N5c5ccccc5)cc4)cc3)N(c3ccccc3)c3c2sc2ccccc32)cc1. The van der Waals surface area contributed by atoms with Gasteiger partial charge in [-0.05, 0) is 82.7 Å². The van der Waals surface area contributed by atoms with Gasteiger partial charge in [0.05, 0.1) is 11.4 Å². The molecule has 0 unspecified atom stereocenters. The molecular formula is C52H36B2N4S2. The van der Waals surface area contributed by atoms with Gasteiger partial charge in [-0.25, -0.2) is 0 Å². The number of benzene rings is 8. The van der Waals surface area contributed by atoms with Crippen LogP contribution in [0.5, 0.6) is 0 Å². The molecule has 2 aromatic heterocycles. The quantitative estimate of drug-likeness (QED) is 0.149. The van der Waals surface area contributed by atoms with E-state index >= 15 is 0 Å². The zero-order valence-corrected chi connectivity index (χ0v) is 34.2. The number of fused-ring (bicyclic) bond motifs is 6. The predicted molar refractivity (Wildman–Crippen MR) is 261 cm³/mol. The molecule has 0 aliphatic carbocycles. The van der Waals surface area contributed by atoms with Crippen molar-refractivity contribution in [3.05, 3.63) is 218 Å². The zero-order valence-electron chi connectivity index (χ0n) is 32.5. The lowest BCUT2D eigenvalue weighted by Crippen LogP contribution is -2.53. The van der Waals surface area contributed by atoms with Gasteiger partial charge in [0.1, 0.15) is 10.0 Å². The molecule has 10 aromatic rings. The van der Waals surface area contributed by atoms with Crippen molar-refractivity contribution in [1.29, 1.82) is 0 Å². The highest BCUT2D eigenvalue weighted by molar-refractivity contribution is 7.26. The number of para-hydroxylation sites is 4. The van der Waals surface area contributed by atoms with Crippen molar-refractivity contribution in [2.75, 3.05) is 19.2 Å². The second-order valence-electron chi connectivity index (χ2n) is 15.3. The maximum Gasteiger partial charge on any atom is 0.421 e. The topological polar surface area (TPSA) is 13.0 Å². The first-order valence-corrected chi connectivity index (χ1v) is 22.0. The van der Waals surface area contributed by atoms with Crippen LogP contribution >= 0.6 is 22.7 Å². The molecule has 60 heavy (non-hydrogen) atoms. The fourth-order valence-electron chi connectivity index (χ4n) is 9.23. The standard InChI is InChI=1S/C52H36B2N4S2/c1-5-17-41(18-6-1)55-49-45-25-13-15-27-47(45)59-51(49)57(43-21-9-3-10-22-43)53(55)39-33-29-37(30-34-39)38-31-35-40(36-32-38)54-56(42-19-7-2-8-20-42)50-46-26-14-16-28-48(46)60-52(50)58(54)44-23-11-4-12-24-44/h1-36H. The van der Waals surface area contributed by atoms with E-state index in [4.69, 9.17) is 0 Å². The molecule has 0 saturated heterocycles. The third-order valence-corrected chi connectivity index (χ3v) is 14.2. The maximum absolute atomic E-state index is 2.53. The van der Waals surface area contributed by atoms with E-state index in [1.807, 2.05) is 22.7 Å². The lowest BCUT2D eigenvalue weighted by Gasteiger charge is -2.31. The van der Waals surface area contributed by atoms with Gasteiger partial charge in [0.25, 0.3) is 0 Å². The van der Waals surface area contributed by atoms with Gasteiger partial charge in [-0.3, -0.25) is 0 Å². The van der Waals surface area contributed by atoms with Gasteiger partial charge < -0.3 is 19.2 Å². The Morgan fingerprint density at radius 2 is 0.583 bits per heavy atom. The predicted octanol–water partition coefficient (Wildman–Crippen LogP) is 13.2. The lowest BCUT2D eigenvalue weighted by atomic mass is 9.64. The molecule has 0 amide bonds. The van der Waals surface area contributed by atoms with Crippen LogP contribution in [0.4, 0.5) is 44.1 Å². The van der Waals surface area contributed by atoms with Crippen molar-refractivity contribution in [1.82, 2.24) is 0 Å². The van der Waals surface area contributed by atoms with Crippen molar-refractivity contribution in [2.45, 2.75) is 0 Å². The van der Waals surface area contributed by atoms with Crippen molar-refractivity contribution in [3.8, 4) is 11.1 Å². The number of anilines is 8. The van der Waals surface area contributed by atoms with Crippen molar-refractivity contribution >= 4 is 112 Å². The molecular weight excluding hydrogens is 766 g/mol. The van der Waals surface area contributed by atoms with Crippen LogP contribution in [0.2, 0.25) is 0 Å². The Kier molecular flexibility index (Phi) is 8.39. The molecule has 0 radical (unpaired) electrons. The van der Waals surface area contributed by atoms with Gasteiger partial charge in [-0.15, -0.1) is 22.7 Å². The molecule has 8 heteroatoms. The third-order valence-electron chi connectivity index (χ3n) is 11.9. The highest BCUT2D eigenvalue weighted by atomic mass is 32.1. The van der Waals surface area contributed by atoms with Gasteiger partial charge in [-0.1, -0.05) is 158 Å². The van der Waals surface area contributed by atoms with Gasteiger partial charge in [0.15, 0.2) is 0 Å². The molecule has 282 valence electrons. The fourth-order valence-corrected chi connectivity index (χ4v) is 11.7. The molecule has 4 heterocycles. The Bertz CT molecular complexity index is 2910. The van der Waals surface area contributed by atoms with E-state index in [1.54, 1.807) is 0 Å². The third kappa shape index (κ3) is 5.59. The van der Waals surface area contributed by atoms with Crippen molar-refractivity contribution < 1.29 is 0 Å². The van der Waals surface area contributed by atoms with E-state index in [0.717, 1.165) is 0 Å². The van der Waals surface area contributed by atoms with E-state index in [2.05, 4.69) is 238 Å². The summed E-state index contributed by atoms with van der Waals surface area (Å²) in [6, 6.07) is 79.5. The normalized spacial score (nSPS) is 13.5. The summed E-state index contributed by atoms with van der Waals surface area (Å²) in [4.78, 5) is 10.1. The summed E-state index contributed by atoms with van der Waals surface area (Å²) in [7, 11) is 0. The molecule has 2 aliphatic rings. The molecule has 4 nitrogen and oxygen atoms in total. The largest absolute Gasteiger partial charge is 0.421 e. The minimum Gasteiger partial charge on any atom is -0.359 e. The van der Waals surface area contributed by atoms with Crippen LogP contribution in [0, 0.1) is 0 Å². The molecule has 0 N–H and O–H groups in total. The van der Waals surface area contributed by atoms with Crippen molar-refractivity contribution in [2.24, 2.45) is 0 Å². The van der Waals surface area contributed by atoms with E-state index in [0.29, 0.717) is 0 Å². The van der Waals surface area contributed by atoms with Crippen LogP contribution in [-0.2, 0) is 0 Å². The Balaban J connectivity index is 0.938. The Morgan fingerprint density at radius 3 is 0.933 bits per heavy atom. The Labute approximate surface area is 358 Å². The average molecular weight is 803 g/mol. The number of thiophene rings is 2. The minimum absolute atomic E-state index is 0.0650. The second kappa shape index (κ2) is 14.4. The lowest BCUT2D eigenvalue weighted by molar-refractivity contribution is 1.40. The minimum atomic E-state index is -0.0650. The zero-order chi connectivity index (χ0) is 39.6. The monoisotopic (exact) mass is 802 g/mol. The average Bonchev–Trinajstić information content (AvgIpc) is 4.07. The summed E-state index contributed by atoms with van der Waals surface area (Å²) >= 11 is 3.74. The maximum atomic E-state index is 2.53. The van der Waals surface area contributed by atoms with Crippen LogP contribution in [0.3, 0.4) is 0 Å². The molecule has 0 fully saturated rings. The summed E-state index contributed by atoms with van der Waals surface area (Å²) in [5.41, 5.74) is 12.1. The van der Waals surface area contributed by atoms with Crippen LogP contribution < -0.4 is 30.2 Å². The number of hydrogen-bond donors (Lipinski definition) is 0. The molecule has 0 bridgehead atoms. The van der Waals surface area contributed by atoms with Crippen LogP contribution in [0.25, 0.3) is 31.3 Å². The summed E-state index contributed by atoms with van der Waals surface area (Å²) < 4.78 is 2.59. The van der Waals surface area contributed by atoms with Gasteiger partial charge in [-0.2, -0.15) is 0 Å². The van der Waals surface area contributed by atoms with Gasteiger partial charge in [0, 0.05) is 42.9 Å². The second-order valence-corrected chi connectivity index (χ2v) is 17.4. The molecule has 8 aromatic carbocycles. The van der Waals surface area contributed by atoms with Crippen molar-refractivity contribution in [3.63, 3.8) is 0 Å². The first kappa shape index (κ1) is 35.0. The van der Waals surface area contributed by atoms with Crippen LogP contribution in [-0.4, -0.2) is 14.0 Å². The van der Waals surface area contributed by atoms with Crippen LogP contribution in [0.15, 0.2) is 218 Å². The first-order chi connectivity index (χ1) is 29.8. The summed E-state index contributed by atoms with van der Waals surface area (Å²) in [6.45, 7) is -0.130. The van der Waals surface area contributed by atoms with Crippen LogP contribution in [0.1, 0.15) is 0 Å². The molecule has 2 aliphatic heterocycles. The molecule has 0 spiro atoms. The van der Waals surface area contributed by atoms with E-state index in [-0.39, 0.29) is 14.0 Å². The first-order valence-electron chi connectivity index (χ1n) is 20.4. The fraction of sp³-hybridized carbons (Fsp3) is 0. The highest BCUT2D eigenvalue weighted by Crippen LogP contribution is 2.56. The smallest absolute Gasteiger partial charge is 0.359 e. The number of rotatable bonds is 7. The summed E-state index contributed by atoms with van der Waals surface area (Å²) in [5, 5.41) is 5.09. The molecule has 0 atom stereocenters. The summed E-state index contributed by atoms with van der Waals surface area (Å²) in [6.07, 6.45) is 0. The summed E-state index contributed by atoms with van der Waals surface area (Å²) in [5.74, 6) is 0. The Hall–Kier alpha value is -6.99. The Morgan fingerprint density at radius 1 is 0.283 bits per heavy atom. The highest BCUT2D eigenvalue weighted by Gasteiger charge is 2.47. The molecule has 0 saturated carbocycles. The number of hydrogen-bond acceptors (Lipinski definition) is 6. The van der Waals surface area contributed by atoms with Gasteiger partial charge in [0.2, 0.25) is 0 Å². The van der Waals surface area contributed by atoms with Gasteiger partial charge >= 0.3 is 14.0 Å². The number of nitrogens with zero attached hydrogens (tertiary/aromatic N) is 4. The molecule has 12 rings (SSSR count).